The van der Waals surface area contributed by atoms with E-state index in [-0.39, 0.29) is 24.2 Å². The van der Waals surface area contributed by atoms with E-state index in [1.54, 1.807) is 48.5 Å². The largest absolute Gasteiger partial charge is 0.480 e. The van der Waals surface area contributed by atoms with Crippen LogP contribution >= 0.6 is 0 Å². The number of rotatable bonds is 14. The number of carbonyl (C=O) groups is 6. The van der Waals surface area contributed by atoms with Gasteiger partial charge in [0.15, 0.2) is 0 Å². The van der Waals surface area contributed by atoms with Crippen LogP contribution in [0.3, 0.4) is 0 Å². The van der Waals surface area contributed by atoms with Gasteiger partial charge in [0.1, 0.15) is 12.1 Å². The number of hydrogen-bond donors (Lipinski definition) is 6. The monoisotopic (exact) mass is 485 g/mol. The lowest BCUT2D eigenvalue weighted by Gasteiger charge is -2.26. The zero-order chi connectivity index (χ0) is 26.7. The van der Waals surface area contributed by atoms with Crippen molar-refractivity contribution in [2.45, 2.75) is 79.1 Å². The van der Waals surface area contributed by atoms with Crippen molar-refractivity contribution in [3.63, 3.8) is 0 Å². The summed E-state index contributed by atoms with van der Waals surface area (Å²) < 4.78 is 0. The number of ketones is 1. The third kappa shape index (κ3) is 9.86. The van der Waals surface area contributed by atoms with E-state index in [0.717, 1.165) is 0 Å². The van der Waals surface area contributed by atoms with Gasteiger partial charge in [-0.2, -0.15) is 0 Å². The quantitative estimate of drug-likeness (QED) is 0.167. The highest BCUT2D eigenvalue weighted by Gasteiger charge is 2.32. The van der Waals surface area contributed by atoms with Gasteiger partial charge < -0.3 is 32.1 Å². The summed E-state index contributed by atoms with van der Waals surface area (Å²) in [4.78, 5) is 72.9. The third-order valence-electron chi connectivity index (χ3n) is 5.19. The number of aliphatic carboxylic acids is 1. The molecule has 34 heavy (non-hydrogen) atoms. The Labute approximate surface area is 200 Å². The van der Waals surface area contributed by atoms with Gasteiger partial charge in [-0.3, -0.25) is 24.0 Å². The Kier molecular flexibility index (Phi) is 13.0. The number of nitrogens with one attached hydrogen (secondary N) is 4. The van der Waals surface area contributed by atoms with Crippen molar-refractivity contribution in [1.82, 2.24) is 21.3 Å². The predicted molar refractivity (Wildman–Crippen MR) is 124 cm³/mol. The minimum absolute atomic E-state index is 0.0862. The van der Waals surface area contributed by atoms with E-state index >= 15 is 0 Å². The van der Waals surface area contributed by atoms with E-state index in [0.29, 0.717) is 0 Å². The summed E-state index contributed by atoms with van der Waals surface area (Å²) in [6.45, 7) is 11.2. The summed E-state index contributed by atoms with van der Waals surface area (Å²) in [6.07, 6.45) is 0.0862. The van der Waals surface area contributed by atoms with E-state index in [1.807, 2.05) is 0 Å². The molecule has 0 aliphatic rings. The summed E-state index contributed by atoms with van der Waals surface area (Å²) in [7, 11) is 0. The summed E-state index contributed by atoms with van der Waals surface area (Å²) in [6, 6.07) is -4.12. The highest BCUT2D eigenvalue weighted by molar-refractivity contribution is 6.38. The molecule has 4 atom stereocenters. The highest BCUT2D eigenvalue weighted by Crippen LogP contribution is 2.06. The molecular weight excluding hydrogens is 446 g/mol. The third-order valence-corrected chi connectivity index (χ3v) is 5.19. The second-order valence-corrected chi connectivity index (χ2v) is 9.14. The summed E-state index contributed by atoms with van der Waals surface area (Å²) in [5.41, 5.74) is 5.83. The van der Waals surface area contributed by atoms with Crippen molar-refractivity contribution in [3.8, 4) is 0 Å². The van der Waals surface area contributed by atoms with Crippen molar-refractivity contribution < 1.29 is 33.9 Å². The Bertz CT molecular complexity index is 767. The maximum Gasteiger partial charge on any atom is 0.326 e. The molecule has 12 heteroatoms. The standard InChI is InChI=1S/C22H39N5O7/c1-8-13(25-20(31)16(11(4)5)27-19(30)15(23)10(2)3)18(29)21(32)24-9-14(28)26-17(12(6)7)22(33)34/h10-13,15-17H,8-9,23H2,1-7H3,(H,24,32)(H,25,31)(H,26,28)(H,27,30)(H,33,34)/t13-,15-,16-,17-/m0/s1. The molecule has 12 nitrogen and oxygen atoms in total. The van der Waals surface area contributed by atoms with Gasteiger partial charge in [0.05, 0.1) is 18.6 Å². The molecule has 194 valence electrons. The maximum absolute atomic E-state index is 12.8. The van der Waals surface area contributed by atoms with E-state index in [2.05, 4.69) is 21.3 Å². The van der Waals surface area contributed by atoms with Crippen LogP contribution in [0, 0.1) is 17.8 Å². The molecule has 0 aromatic carbocycles. The van der Waals surface area contributed by atoms with Gasteiger partial charge in [0.2, 0.25) is 23.5 Å². The van der Waals surface area contributed by atoms with Gasteiger partial charge in [0.25, 0.3) is 5.91 Å². The van der Waals surface area contributed by atoms with E-state index < -0.39 is 66.1 Å². The molecule has 0 aromatic heterocycles. The fourth-order valence-electron chi connectivity index (χ4n) is 2.85. The maximum atomic E-state index is 12.8. The fraction of sp³-hybridized carbons (Fsp3) is 0.727. The molecule has 7 N–H and O–H groups in total. The molecule has 0 bridgehead atoms. The van der Waals surface area contributed by atoms with Crippen LogP contribution in [-0.2, 0) is 28.8 Å². The Balaban J connectivity index is 5.08. The van der Waals surface area contributed by atoms with Crippen molar-refractivity contribution in [2.24, 2.45) is 23.5 Å². The summed E-state index contributed by atoms with van der Waals surface area (Å²) >= 11 is 0. The van der Waals surface area contributed by atoms with Gasteiger partial charge in [-0.25, -0.2) is 4.79 Å². The molecule has 0 spiro atoms. The first-order chi connectivity index (χ1) is 15.6. The molecule has 0 aromatic rings. The van der Waals surface area contributed by atoms with Gasteiger partial charge in [-0.1, -0.05) is 48.5 Å². The van der Waals surface area contributed by atoms with Crippen molar-refractivity contribution in [3.05, 3.63) is 0 Å². The molecule has 0 saturated heterocycles. The molecule has 0 saturated carbocycles. The molecule has 0 rings (SSSR count). The first-order valence-electron chi connectivity index (χ1n) is 11.3. The normalized spacial score (nSPS) is 14.7. The molecule has 4 amide bonds. The van der Waals surface area contributed by atoms with Crippen LogP contribution in [-0.4, -0.2) is 71.2 Å². The second-order valence-electron chi connectivity index (χ2n) is 9.14. The lowest BCUT2D eigenvalue weighted by molar-refractivity contribution is -0.143. The SMILES string of the molecule is CC[C@H](NC(=O)[C@@H](NC(=O)[C@@H](N)C(C)C)C(C)C)C(=O)C(=O)NCC(=O)N[C@H](C(=O)O)C(C)C. The van der Waals surface area contributed by atoms with E-state index in [9.17, 15) is 28.8 Å². The predicted octanol–water partition coefficient (Wildman–Crippen LogP) is -1.08. The fourth-order valence-corrected chi connectivity index (χ4v) is 2.85. The topological polar surface area (TPSA) is 197 Å². The van der Waals surface area contributed by atoms with Crippen molar-refractivity contribution >= 4 is 35.4 Å². The van der Waals surface area contributed by atoms with Crippen molar-refractivity contribution in [2.75, 3.05) is 6.54 Å². The molecule has 0 fully saturated rings. The average molecular weight is 486 g/mol. The van der Waals surface area contributed by atoms with Crippen LogP contribution in [0.1, 0.15) is 54.9 Å². The number of amides is 4. The smallest absolute Gasteiger partial charge is 0.326 e. The number of carbonyl (C=O) groups excluding carboxylic acids is 5. The number of carboxylic acid groups (broad SMARTS) is 1. The first kappa shape index (κ1) is 31.0. The van der Waals surface area contributed by atoms with Crippen LogP contribution in [0.25, 0.3) is 0 Å². The Morgan fingerprint density at radius 1 is 0.765 bits per heavy atom. The number of Topliss-reactive ketones (excluding diaryl/α,β-unsaturated/α-hetero) is 1. The Morgan fingerprint density at radius 2 is 1.29 bits per heavy atom. The number of nitrogens with two attached hydrogens (primary N) is 1. The Hall–Kier alpha value is -3.02. The Morgan fingerprint density at radius 3 is 1.71 bits per heavy atom. The average Bonchev–Trinajstić information content (AvgIpc) is 2.75. The summed E-state index contributed by atoms with van der Waals surface area (Å²) in [5.74, 6) is -6.09. The summed E-state index contributed by atoms with van der Waals surface area (Å²) in [5, 5.41) is 18.6. The first-order valence-corrected chi connectivity index (χ1v) is 11.3. The van der Waals surface area contributed by atoms with Crippen LogP contribution in [0.5, 0.6) is 0 Å². The molecule has 0 heterocycles. The van der Waals surface area contributed by atoms with E-state index in [4.69, 9.17) is 10.8 Å². The molecular formula is C22H39N5O7. The molecule has 0 radical (unpaired) electrons. The van der Waals surface area contributed by atoms with Gasteiger partial charge in [-0.15, -0.1) is 0 Å². The van der Waals surface area contributed by atoms with Crippen LogP contribution in [0.2, 0.25) is 0 Å². The minimum Gasteiger partial charge on any atom is -0.480 e. The van der Waals surface area contributed by atoms with Gasteiger partial charge in [-0.05, 0) is 24.2 Å². The van der Waals surface area contributed by atoms with Crippen LogP contribution < -0.4 is 27.0 Å². The minimum atomic E-state index is -1.22. The lowest BCUT2D eigenvalue weighted by atomic mass is 9.99. The number of carboxylic acids is 1. The zero-order valence-electron chi connectivity index (χ0n) is 20.9. The van der Waals surface area contributed by atoms with Gasteiger partial charge in [0, 0.05) is 0 Å². The molecule has 0 unspecified atom stereocenters. The van der Waals surface area contributed by atoms with Gasteiger partial charge >= 0.3 is 5.97 Å². The molecule has 0 aliphatic heterocycles. The number of hydrogen-bond acceptors (Lipinski definition) is 7. The van der Waals surface area contributed by atoms with Crippen molar-refractivity contribution in [1.29, 1.82) is 0 Å². The lowest BCUT2D eigenvalue weighted by Crippen LogP contribution is -2.58. The highest BCUT2D eigenvalue weighted by atomic mass is 16.4. The van der Waals surface area contributed by atoms with Crippen LogP contribution in [0.15, 0.2) is 0 Å². The molecule has 0 aliphatic carbocycles. The van der Waals surface area contributed by atoms with Crippen LogP contribution in [0.4, 0.5) is 0 Å². The zero-order valence-corrected chi connectivity index (χ0v) is 20.9. The van der Waals surface area contributed by atoms with E-state index in [1.165, 1.54) is 0 Å². The second kappa shape index (κ2) is 14.3.